The maximum absolute atomic E-state index is 12.3. The third-order valence-corrected chi connectivity index (χ3v) is 5.42. The largest absolute Gasteiger partial charge is 0.325 e. The number of carbonyl (C=O) groups excluding carboxylic acids is 1. The van der Waals surface area contributed by atoms with Crippen molar-refractivity contribution in [3.63, 3.8) is 0 Å². The second-order valence-electron chi connectivity index (χ2n) is 5.55. The predicted molar refractivity (Wildman–Crippen MR) is 105 cm³/mol. The van der Waals surface area contributed by atoms with Gasteiger partial charge in [0.05, 0.1) is 24.4 Å². The van der Waals surface area contributed by atoms with Crippen LogP contribution < -0.4 is 9.62 Å². The molecule has 0 fully saturated rings. The Labute approximate surface area is 157 Å². The van der Waals surface area contributed by atoms with Crippen LogP contribution in [0, 0.1) is 11.3 Å². The van der Waals surface area contributed by atoms with Gasteiger partial charge in [-0.05, 0) is 42.2 Å². The van der Waals surface area contributed by atoms with Crippen molar-refractivity contribution < 1.29 is 13.2 Å². The summed E-state index contributed by atoms with van der Waals surface area (Å²) in [4.78, 5) is 13.2. The fourth-order valence-electron chi connectivity index (χ4n) is 2.29. The lowest BCUT2D eigenvalue weighted by molar-refractivity contribution is -0.114. The van der Waals surface area contributed by atoms with Gasteiger partial charge >= 0.3 is 0 Å². The van der Waals surface area contributed by atoms with Gasteiger partial charge in [-0.1, -0.05) is 18.2 Å². The van der Waals surface area contributed by atoms with Crippen molar-refractivity contribution in [1.82, 2.24) is 0 Å². The number of benzene rings is 2. The van der Waals surface area contributed by atoms with E-state index in [4.69, 9.17) is 5.26 Å². The van der Waals surface area contributed by atoms with Crippen molar-refractivity contribution in [2.45, 2.75) is 11.3 Å². The third kappa shape index (κ3) is 5.51. The number of thioether (sulfide) groups is 1. The molecule has 0 saturated carbocycles. The monoisotopic (exact) mass is 389 g/mol. The molecule has 0 aliphatic carbocycles. The van der Waals surface area contributed by atoms with Gasteiger partial charge in [0.15, 0.2) is 0 Å². The number of rotatable bonds is 7. The molecule has 0 bridgehead atoms. The first-order chi connectivity index (χ1) is 12.3. The summed E-state index contributed by atoms with van der Waals surface area (Å²) in [6.45, 7) is -0.323. The number of carbonyl (C=O) groups is 1. The molecule has 6 nitrogen and oxygen atoms in total. The molecular weight excluding hydrogens is 370 g/mol. The first-order valence-corrected chi connectivity index (χ1v) is 10.8. The minimum absolute atomic E-state index is 0.294. The van der Waals surface area contributed by atoms with Gasteiger partial charge in [-0.3, -0.25) is 9.10 Å². The second kappa shape index (κ2) is 8.74. The van der Waals surface area contributed by atoms with Gasteiger partial charge in [-0.25, -0.2) is 8.42 Å². The highest BCUT2D eigenvalue weighted by molar-refractivity contribution is 7.98. The van der Waals surface area contributed by atoms with Gasteiger partial charge in [0, 0.05) is 10.6 Å². The van der Waals surface area contributed by atoms with Crippen molar-refractivity contribution in [2.24, 2.45) is 0 Å². The van der Waals surface area contributed by atoms with Crippen LogP contribution in [0.25, 0.3) is 0 Å². The van der Waals surface area contributed by atoms with E-state index in [0.717, 1.165) is 21.0 Å². The molecule has 0 radical (unpaired) electrons. The molecule has 0 atom stereocenters. The summed E-state index contributed by atoms with van der Waals surface area (Å²) in [5.74, 6) is -0.446. The van der Waals surface area contributed by atoms with Crippen molar-refractivity contribution in [3.8, 4) is 6.07 Å². The van der Waals surface area contributed by atoms with Gasteiger partial charge in [0.1, 0.15) is 6.54 Å². The van der Waals surface area contributed by atoms with Crippen molar-refractivity contribution in [1.29, 1.82) is 5.26 Å². The maximum Gasteiger partial charge on any atom is 0.245 e. The lowest BCUT2D eigenvalue weighted by atomic mass is 10.1. The zero-order valence-corrected chi connectivity index (χ0v) is 16.1. The fourth-order valence-corrected chi connectivity index (χ4v) is 3.60. The molecule has 0 spiro atoms. The second-order valence-corrected chi connectivity index (χ2v) is 8.34. The summed E-state index contributed by atoms with van der Waals surface area (Å²) in [5.41, 5.74) is 1.83. The summed E-state index contributed by atoms with van der Waals surface area (Å²) in [6.07, 6.45) is 3.26. The van der Waals surface area contributed by atoms with Crippen molar-refractivity contribution in [3.05, 3.63) is 54.1 Å². The van der Waals surface area contributed by atoms with E-state index >= 15 is 0 Å². The van der Waals surface area contributed by atoms with Crippen LogP contribution in [0.3, 0.4) is 0 Å². The molecule has 0 heterocycles. The molecule has 8 heteroatoms. The Kier molecular flexibility index (Phi) is 6.66. The summed E-state index contributed by atoms with van der Waals surface area (Å²) >= 11 is 1.49. The van der Waals surface area contributed by atoms with Crippen LogP contribution in [-0.4, -0.2) is 33.4 Å². The molecule has 0 aliphatic rings. The van der Waals surface area contributed by atoms with Crippen LogP contribution in [0.4, 0.5) is 11.4 Å². The van der Waals surface area contributed by atoms with Gasteiger partial charge in [-0.2, -0.15) is 5.26 Å². The molecule has 2 rings (SSSR count). The number of amides is 1. The van der Waals surface area contributed by atoms with Crippen LogP contribution >= 0.6 is 11.8 Å². The first kappa shape index (κ1) is 19.8. The van der Waals surface area contributed by atoms with Gasteiger partial charge in [0.2, 0.25) is 15.9 Å². The molecule has 0 aliphatic heterocycles. The molecule has 0 aromatic heterocycles. The number of sulfonamides is 1. The molecule has 1 amide bonds. The molecular formula is C18H19N3O3S2. The lowest BCUT2D eigenvalue weighted by Crippen LogP contribution is -2.37. The molecule has 2 aromatic carbocycles. The van der Waals surface area contributed by atoms with Crippen LogP contribution in [0.2, 0.25) is 0 Å². The third-order valence-electron chi connectivity index (χ3n) is 3.55. The highest BCUT2D eigenvalue weighted by Crippen LogP contribution is 2.24. The normalized spacial score (nSPS) is 10.8. The van der Waals surface area contributed by atoms with Crippen LogP contribution in [-0.2, 0) is 21.2 Å². The number of nitrogens with zero attached hydrogens (tertiary/aromatic N) is 2. The Morgan fingerprint density at radius 3 is 2.50 bits per heavy atom. The Balaban J connectivity index is 2.15. The smallest absolute Gasteiger partial charge is 0.245 e. The van der Waals surface area contributed by atoms with E-state index in [0.29, 0.717) is 17.8 Å². The van der Waals surface area contributed by atoms with E-state index in [2.05, 4.69) is 11.4 Å². The molecule has 1 N–H and O–H groups in total. The number of nitrogens with one attached hydrogen (secondary N) is 1. The average Bonchev–Trinajstić information content (AvgIpc) is 2.60. The van der Waals surface area contributed by atoms with E-state index in [1.54, 1.807) is 42.5 Å². The number of nitriles is 1. The Morgan fingerprint density at radius 2 is 1.92 bits per heavy atom. The van der Waals surface area contributed by atoms with E-state index in [1.807, 2.05) is 12.3 Å². The summed E-state index contributed by atoms with van der Waals surface area (Å²) in [7, 11) is -3.62. The van der Waals surface area contributed by atoms with Gasteiger partial charge in [-0.15, -0.1) is 11.8 Å². The first-order valence-electron chi connectivity index (χ1n) is 7.71. The number of hydrogen-bond acceptors (Lipinski definition) is 5. The summed E-state index contributed by atoms with van der Waals surface area (Å²) in [6, 6.07) is 15.9. The van der Waals surface area contributed by atoms with Crippen LogP contribution in [0.1, 0.15) is 5.56 Å². The minimum atomic E-state index is -3.62. The Hall–Kier alpha value is -2.50. The molecule has 2 aromatic rings. The minimum Gasteiger partial charge on any atom is -0.325 e. The summed E-state index contributed by atoms with van der Waals surface area (Å²) < 4.78 is 25.4. The molecule has 0 saturated heterocycles. The van der Waals surface area contributed by atoms with E-state index in [9.17, 15) is 13.2 Å². The zero-order valence-electron chi connectivity index (χ0n) is 14.5. The average molecular weight is 390 g/mol. The van der Waals surface area contributed by atoms with Crippen LogP contribution in [0.5, 0.6) is 0 Å². The topological polar surface area (TPSA) is 90.3 Å². The Morgan fingerprint density at radius 1 is 1.23 bits per heavy atom. The Bertz CT molecular complexity index is 919. The molecule has 26 heavy (non-hydrogen) atoms. The van der Waals surface area contributed by atoms with Crippen LogP contribution in [0.15, 0.2) is 53.4 Å². The highest BCUT2D eigenvalue weighted by Gasteiger charge is 2.21. The standard InChI is InChI=1S/C18H19N3O3S2/c1-25-17-5-3-4-16(12-17)21(26(2,23)24)13-18(22)20-15-8-6-14(7-9-15)10-11-19/h3-9,12H,10,13H2,1-2H3,(H,20,22). The molecule has 136 valence electrons. The van der Waals surface area contributed by atoms with E-state index in [1.165, 1.54) is 11.8 Å². The number of hydrogen-bond donors (Lipinski definition) is 1. The van der Waals surface area contributed by atoms with E-state index < -0.39 is 15.9 Å². The van der Waals surface area contributed by atoms with E-state index in [-0.39, 0.29) is 6.54 Å². The fraction of sp³-hybridized carbons (Fsp3) is 0.222. The van der Waals surface area contributed by atoms with Gasteiger partial charge in [0.25, 0.3) is 0 Å². The summed E-state index contributed by atoms with van der Waals surface area (Å²) in [5, 5.41) is 11.4. The maximum atomic E-state index is 12.3. The predicted octanol–water partition coefficient (Wildman–Crippen LogP) is 2.88. The number of anilines is 2. The highest BCUT2D eigenvalue weighted by atomic mass is 32.2. The quantitative estimate of drug-likeness (QED) is 0.736. The molecule has 0 unspecified atom stereocenters. The van der Waals surface area contributed by atoms with Gasteiger partial charge < -0.3 is 5.32 Å². The van der Waals surface area contributed by atoms with Crippen molar-refractivity contribution >= 4 is 39.1 Å². The zero-order chi connectivity index (χ0) is 19.2. The lowest BCUT2D eigenvalue weighted by Gasteiger charge is -2.22. The SMILES string of the molecule is CSc1cccc(N(CC(=O)Nc2ccc(CC#N)cc2)S(C)(=O)=O)c1. The van der Waals surface area contributed by atoms with Crippen molar-refractivity contribution in [2.75, 3.05) is 28.7 Å².